The molecule has 0 aromatic heterocycles. The molecule has 7 nitrogen and oxygen atoms in total. The zero-order chi connectivity index (χ0) is 24.0. The normalized spacial score (nSPS) is 28.3. The van der Waals surface area contributed by atoms with Gasteiger partial charge in [0.15, 0.2) is 0 Å². The van der Waals surface area contributed by atoms with E-state index in [1.54, 1.807) is 13.2 Å². The Morgan fingerprint density at radius 3 is 2.35 bits per heavy atom. The molecule has 1 spiro atoms. The first-order valence-electron chi connectivity index (χ1n) is 12.3. The summed E-state index contributed by atoms with van der Waals surface area (Å²) in [5.74, 6) is 0.595. The van der Waals surface area contributed by atoms with Gasteiger partial charge in [0.25, 0.3) is 0 Å². The van der Waals surface area contributed by atoms with Crippen LogP contribution >= 0.6 is 0 Å². The van der Waals surface area contributed by atoms with Crippen molar-refractivity contribution in [2.24, 2.45) is 0 Å². The number of benzene rings is 2. The van der Waals surface area contributed by atoms with Crippen molar-refractivity contribution in [3.63, 3.8) is 0 Å². The largest absolute Gasteiger partial charge is 0.494 e. The van der Waals surface area contributed by atoms with E-state index in [0.717, 1.165) is 50.6 Å². The molecule has 7 heteroatoms. The van der Waals surface area contributed by atoms with Gasteiger partial charge in [-0.2, -0.15) is 0 Å². The fraction of sp³-hybridized carbons (Fsp3) is 0.519. The SMILES string of the molecule is CNC1(c2ccccc2)CCC2(CC1)CN(c1ccc(N)cc1OC)C(=O)N2CC1(O)CCC1. The highest BCUT2D eigenvalue weighted by Gasteiger charge is 2.56. The van der Waals surface area contributed by atoms with Crippen molar-refractivity contribution in [1.82, 2.24) is 10.2 Å². The van der Waals surface area contributed by atoms with E-state index in [2.05, 4.69) is 29.6 Å². The predicted molar refractivity (Wildman–Crippen MR) is 134 cm³/mol. The van der Waals surface area contributed by atoms with Crippen LogP contribution in [0.4, 0.5) is 16.2 Å². The number of urea groups is 1. The van der Waals surface area contributed by atoms with Crippen LogP contribution in [0.15, 0.2) is 48.5 Å². The van der Waals surface area contributed by atoms with Gasteiger partial charge < -0.3 is 25.8 Å². The average Bonchev–Trinajstić information content (AvgIpc) is 3.10. The van der Waals surface area contributed by atoms with Crippen LogP contribution in [0.2, 0.25) is 0 Å². The van der Waals surface area contributed by atoms with Gasteiger partial charge >= 0.3 is 6.03 Å². The van der Waals surface area contributed by atoms with Gasteiger partial charge in [-0.1, -0.05) is 30.3 Å². The first-order valence-corrected chi connectivity index (χ1v) is 12.3. The maximum atomic E-state index is 13.9. The highest BCUT2D eigenvalue weighted by atomic mass is 16.5. The van der Waals surface area contributed by atoms with Crippen LogP contribution in [0, 0.1) is 0 Å². The summed E-state index contributed by atoms with van der Waals surface area (Å²) >= 11 is 0. The summed E-state index contributed by atoms with van der Waals surface area (Å²) in [5, 5.41) is 14.7. The number of nitrogens with one attached hydrogen (secondary N) is 1. The van der Waals surface area contributed by atoms with E-state index in [1.165, 1.54) is 5.56 Å². The van der Waals surface area contributed by atoms with Crippen molar-refractivity contribution in [1.29, 1.82) is 0 Å². The summed E-state index contributed by atoms with van der Waals surface area (Å²) in [5.41, 5.74) is 7.38. The number of rotatable bonds is 6. The average molecular weight is 465 g/mol. The Labute approximate surface area is 201 Å². The minimum Gasteiger partial charge on any atom is -0.494 e. The number of β-amino-alcohol motifs (C(OH)–C–C–N with tert-alkyl or cyclic N) is 1. The van der Waals surface area contributed by atoms with Crippen LogP contribution in [0.1, 0.15) is 50.5 Å². The molecule has 0 unspecified atom stereocenters. The van der Waals surface area contributed by atoms with Crippen LogP contribution < -0.4 is 20.7 Å². The van der Waals surface area contributed by atoms with Crippen LogP contribution in [0.25, 0.3) is 0 Å². The topological polar surface area (TPSA) is 91.1 Å². The molecule has 0 bridgehead atoms. The number of ether oxygens (including phenoxy) is 1. The molecule has 5 rings (SSSR count). The van der Waals surface area contributed by atoms with Crippen LogP contribution in [0.5, 0.6) is 5.75 Å². The van der Waals surface area contributed by atoms with E-state index < -0.39 is 5.60 Å². The number of hydrogen-bond acceptors (Lipinski definition) is 5. The number of carbonyl (C=O) groups is 1. The predicted octanol–water partition coefficient (Wildman–Crippen LogP) is 3.86. The van der Waals surface area contributed by atoms with E-state index in [0.29, 0.717) is 24.5 Å². The minimum atomic E-state index is -0.777. The summed E-state index contributed by atoms with van der Waals surface area (Å²) in [6, 6.07) is 16.0. The molecule has 1 saturated heterocycles. The number of anilines is 2. The Balaban J connectivity index is 1.48. The highest BCUT2D eigenvalue weighted by Crippen LogP contribution is 2.49. The summed E-state index contributed by atoms with van der Waals surface area (Å²) in [4.78, 5) is 17.7. The molecule has 1 aliphatic heterocycles. The van der Waals surface area contributed by atoms with Gasteiger partial charge in [-0.25, -0.2) is 4.79 Å². The summed E-state index contributed by atoms with van der Waals surface area (Å²) < 4.78 is 5.59. The second kappa shape index (κ2) is 8.47. The lowest BCUT2D eigenvalue weighted by atomic mass is 9.68. The first kappa shape index (κ1) is 23.0. The summed E-state index contributed by atoms with van der Waals surface area (Å²) in [6.45, 7) is 0.967. The van der Waals surface area contributed by atoms with E-state index in [9.17, 15) is 9.90 Å². The van der Waals surface area contributed by atoms with Crippen molar-refractivity contribution in [2.75, 3.05) is 37.9 Å². The zero-order valence-electron chi connectivity index (χ0n) is 20.2. The van der Waals surface area contributed by atoms with Crippen molar-refractivity contribution in [2.45, 2.75) is 61.6 Å². The lowest BCUT2D eigenvalue weighted by Crippen LogP contribution is -2.59. The molecule has 2 aromatic carbocycles. The molecule has 182 valence electrons. The lowest BCUT2D eigenvalue weighted by molar-refractivity contribution is -0.0690. The van der Waals surface area contributed by atoms with E-state index in [4.69, 9.17) is 10.5 Å². The van der Waals surface area contributed by atoms with Crippen molar-refractivity contribution >= 4 is 17.4 Å². The lowest BCUT2D eigenvalue weighted by Gasteiger charge is -2.50. The van der Waals surface area contributed by atoms with Gasteiger partial charge in [-0.3, -0.25) is 4.90 Å². The number of nitrogens with zero attached hydrogens (tertiary/aromatic N) is 2. The van der Waals surface area contributed by atoms with E-state index in [1.807, 2.05) is 35.0 Å². The van der Waals surface area contributed by atoms with Gasteiger partial charge in [0, 0.05) is 17.3 Å². The molecule has 2 amide bonds. The van der Waals surface area contributed by atoms with Gasteiger partial charge in [0.1, 0.15) is 5.75 Å². The number of hydrogen-bond donors (Lipinski definition) is 3. The Morgan fingerprint density at radius 1 is 1.06 bits per heavy atom. The molecule has 2 aliphatic carbocycles. The molecular formula is C27H36N4O3. The third-order valence-corrected chi connectivity index (χ3v) is 8.56. The van der Waals surface area contributed by atoms with Crippen LogP contribution in [-0.2, 0) is 5.54 Å². The molecule has 3 aliphatic rings. The second-order valence-corrected chi connectivity index (χ2v) is 10.4. The molecule has 2 saturated carbocycles. The number of nitrogens with two attached hydrogens (primary N) is 1. The fourth-order valence-corrected chi connectivity index (χ4v) is 6.18. The molecule has 0 radical (unpaired) electrons. The Kier molecular flexibility index (Phi) is 5.73. The molecular weight excluding hydrogens is 428 g/mol. The molecule has 3 fully saturated rings. The van der Waals surface area contributed by atoms with Crippen LogP contribution in [0.3, 0.4) is 0 Å². The van der Waals surface area contributed by atoms with Gasteiger partial charge in [-0.15, -0.1) is 0 Å². The third-order valence-electron chi connectivity index (χ3n) is 8.56. The molecule has 1 heterocycles. The third kappa shape index (κ3) is 3.71. The maximum Gasteiger partial charge on any atom is 0.325 e. The molecule has 2 aromatic rings. The smallest absolute Gasteiger partial charge is 0.325 e. The molecule has 34 heavy (non-hydrogen) atoms. The Hall–Kier alpha value is -2.77. The monoisotopic (exact) mass is 464 g/mol. The minimum absolute atomic E-state index is 0.0555. The number of carbonyl (C=O) groups excluding carboxylic acids is 1. The highest BCUT2D eigenvalue weighted by molar-refractivity contribution is 5.97. The van der Waals surface area contributed by atoms with E-state index >= 15 is 0 Å². The van der Waals surface area contributed by atoms with Gasteiger partial charge in [0.2, 0.25) is 0 Å². The second-order valence-electron chi connectivity index (χ2n) is 10.4. The van der Waals surface area contributed by atoms with Gasteiger partial charge in [-0.05, 0) is 69.7 Å². The summed E-state index contributed by atoms with van der Waals surface area (Å²) in [6.07, 6.45) is 6.07. The quantitative estimate of drug-likeness (QED) is 0.565. The van der Waals surface area contributed by atoms with Crippen molar-refractivity contribution in [3.05, 3.63) is 54.1 Å². The van der Waals surface area contributed by atoms with E-state index in [-0.39, 0.29) is 17.1 Å². The number of nitrogen functional groups attached to an aromatic ring is 1. The van der Waals surface area contributed by atoms with Crippen molar-refractivity contribution in [3.8, 4) is 5.75 Å². The standard InChI is InChI=1S/C27H36N4O3/c1-29-27(20-7-4-3-5-8-20)15-13-25(14-16-27)18-30(22-10-9-21(28)17-23(22)34-2)24(32)31(25)19-26(33)11-6-12-26/h3-5,7-10,17,29,33H,6,11-16,18-19,28H2,1-2H3. The first-order chi connectivity index (χ1) is 16.3. The maximum absolute atomic E-state index is 13.9. The van der Waals surface area contributed by atoms with Crippen molar-refractivity contribution < 1.29 is 14.6 Å². The number of methoxy groups -OCH3 is 1. The van der Waals surface area contributed by atoms with Gasteiger partial charge in [0.05, 0.1) is 37.0 Å². The molecule has 4 N–H and O–H groups in total. The zero-order valence-corrected chi connectivity index (χ0v) is 20.2. The Bertz CT molecular complexity index is 1050. The number of aliphatic hydroxyl groups is 1. The van der Waals surface area contributed by atoms with Crippen LogP contribution in [-0.4, -0.2) is 54.4 Å². The Morgan fingerprint density at radius 2 is 1.76 bits per heavy atom. The number of amides is 2. The molecule has 0 atom stereocenters. The fourth-order valence-electron chi connectivity index (χ4n) is 6.18. The summed E-state index contributed by atoms with van der Waals surface area (Å²) in [7, 11) is 3.64.